The third kappa shape index (κ3) is 2.62. The summed E-state index contributed by atoms with van der Waals surface area (Å²) >= 11 is 0. The second-order valence-corrected chi connectivity index (χ2v) is 6.69. The molecule has 2 aromatic rings. The Kier molecular flexibility index (Phi) is 3.88. The predicted octanol–water partition coefficient (Wildman–Crippen LogP) is 1.56. The molecule has 7 nitrogen and oxygen atoms in total. The summed E-state index contributed by atoms with van der Waals surface area (Å²) in [6.07, 6.45) is 4.40. The first-order valence-electron chi connectivity index (χ1n) is 8.65. The van der Waals surface area contributed by atoms with Crippen molar-refractivity contribution in [3.8, 4) is 0 Å². The van der Waals surface area contributed by atoms with Crippen LogP contribution < -0.4 is 5.56 Å². The zero-order valence-corrected chi connectivity index (χ0v) is 13.8. The first-order valence-corrected chi connectivity index (χ1v) is 8.65. The minimum atomic E-state index is -0.307. The molecule has 1 N–H and O–H groups in total. The van der Waals surface area contributed by atoms with Gasteiger partial charge in [0.1, 0.15) is 6.10 Å². The molecule has 4 heterocycles. The summed E-state index contributed by atoms with van der Waals surface area (Å²) in [4.78, 5) is 31.3. The molecule has 2 aliphatic rings. The minimum absolute atomic E-state index is 0.0446. The molecule has 4 rings (SSSR count). The van der Waals surface area contributed by atoms with E-state index in [1.807, 2.05) is 17.9 Å². The Balaban J connectivity index is 1.68. The number of hydrogen-bond acceptors (Lipinski definition) is 4. The van der Waals surface area contributed by atoms with Gasteiger partial charge < -0.3 is 9.64 Å². The number of ether oxygens (including phenoxy) is 1. The van der Waals surface area contributed by atoms with Crippen molar-refractivity contribution in [2.24, 2.45) is 0 Å². The van der Waals surface area contributed by atoms with Gasteiger partial charge in [0.25, 0.3) is 11.5 Å². The van der Waals surface area contributed by atoms with Crippen molar-refractivity contribution in [1.29, 1.82) is 0 Å². The number of H-pyrrole nitrogens is 1. The average molecular weight is 330 g/mol. The van der Waals surface area contributed by atoms with Crippen molar-refractivity contribution < 1.29 is 9.53 Å². The molecule has 2 atom stereocenters. The number of nitrogens with one attached hydrogen (secondary N) is 1. The Hall–Kier alpha value is -2.15. The number of fused-ring (bicyclic) bond motifs is 1. The standard InChI is InChI=1S/C17H22N4O3/c1-11-9-16(22)21-15(18-11)10-12(19-21)13-5-2-3-7-20(13)17(23)14-6-4-8-24-14/h9-10,13-14,19H,2-8H2,1H3/t13-,14+/m0/s1. The van der Waals surface area contributed by atoms with Gasteiger partial charge in [0.15, 0.2) is 5.65 Å². The average Bonchev–Trinajstić information content (AvgIpc) is 3.23. The minimum Gasteiger partial charge on any atom is -0.368 e. The van der Waals surface area contributed by atoms with Crippen LogP contribution in [0.5, 0.6) is 0 Å². The fraction of sp³-hybridized carbons (Fsp3) is 0.588. The van der Waals surface area contributed by atoms with E-state index in [4.69, 9.17) is 4.74 Å². The van der Waals surface area contributed by atoms with Gasteiger partial charge in [0, 0.05) is 31.0 Å². The molecular weight excluding hydrogens is 308 g/mol. The fourth-order valence-corrected chi connectivity index (χ4v) is 3.78. The number of aromatic nitrogens is 3. The lowest BCUT2D eigenvalue weighted by molar-refractivity contribution is -0.145. The molecule has 0 aromatic carbocycles. The highest BCUT2D eigenvalue weighted by molar-refractivity contribution is 5.81. The van der Waals surface area contributed by atoms with Gasteiger partial charge >= 0.3 is 0 Å². The zero-order chi connectivity index (χ0) is 16.7. The van der Waals surface area contributed by atoms with Gasteiger partial charge in [0.05, 0.1) is 11.7 Å². The summed E-state index contributed by atoms with van der Waals surface area (Å²) in [7, 11) is 0. The molecule has 0 radical (unpaired) electrons. The molecule has 1 amide bonds. The quantitative estimate of drug-likeness (QED) is 0.906. The molecule has 0 unspecified atom stereocenters. The van der Waals surface area contributed by atoms with Crippen molar-refractivity contribution in [3.05, 3.63) is 33.9 Å². The van der Waals surface area contributed by atoms with Gasteiger partial charge in [-0.15, -0.1) is 0 Å². The molecule has 128 valence electrons. The van der Waals surface area contributed by atoms with Crippen LogP contribution in [0.2, 0.25) is 0 Å². The number of carbonyl (C=O) groups is 1. The Morgan fingerprint density at radius 3 is 2.96 bits per heavy atom. The number of rotatable bonds is 2. The van der Waals surface area contributed by atoms with Gasteiger partial charge in [-0.05, 0) is 39.0 Å². The Labute approximate surface area is 139 Å². The molecule has 2 aliphatic heterocycles. The molecule has 24 heavy (non-hydrogen) atoms. The maximum Gasteiger partial charge on any atom is 0.272 e. The highest BCUT2D eigenvalue weighted by Gasteiger charge is 2.35. The number of hydrogen-bond donors (Lipinski definition) is 1. The highest BCUT2D eigenvalue weighted by atomic mass is 16.5. The first kappa shape index (κ1) is 15.4. The van der Waals surface area contributed by atoms with Crippen LogP contribution >= 0.6 is 0 Å². The lowest BCUT2D eigenvalue weighted by Crippen LogP contribution is -2.44. The van der Waals surface area contributed by atoms with Crippen molar-refractivity contribution in [2.75, 3.05) is 13.2 Å². The number of nitrogens with zero attached hydrogens (tertiary/aromatic N) is 3. The van der Waals surface area contributed by atoms with Gasteiger partial charge in [0.2, 0.25) is 0 Å². The van der Waals surface area contributed by atoms with Crippen molar-refractivity contribution in [2.45, 2.75) is 51.2 Å². The molecule has 0 saturated carbocycles. The zero-order valence-electron chi connectivity index (χ0n) is 13.8. The number of carbonyl (C=O) groups excluding carboxylic acids is 1. The number of amides is 1. The number of aryl methyl sites for hydroxylation is 1. The fourth-order valence-electron chi connectivity index (χ4n) is 3.78. The Morgan fingerprint density at radius 1 is 1.29 bits per heavy atom. The summed E-state index contributed by atoms with van der Waals surface area (Å²) < 4.78 is 7.03. The lowest BCUT2D eigenvalue weighted by atomic mass is 9.98. The maximum absolute atomic E-state index is 12.8. The van der Waals surface area contributed by atoms with Crippen LogP contribution in [0.25, 0.3) is 5.65 Å². The summed E-state index contributed by atoms with van der Waals surface area (Å²) in [6.45, 7) is 3.21. The van der Waals surface area contributed by atoms with E-state index in [1.165, 1.54) is 10.6 Å². The third-order valence-electron chi connectivity index (χ3n) is 4.95. The number of aromatic amines is 1. The van der Waals surface area contributed by atoms with Crippen LogP contribution in [0.4, 0.5) is 0 Å². The molecule has 2 fully saturated rings. The van der Waals surface area contributed by atoms with Gasteiger partial charge in [-0.25, -0.2) is 9.50 Å². The van der Waals surface area contributed by atoms with E-state index >= 15 is 0 Å². The maximum atomic E-state index is 12.8. The van der Waals surface area contributed by atoms with E-state index in [9.17, 15) is 9.59 Å². The third-order valence-corrected chi connectivity index (χ3v) is 4.95. The van der Waals surface area contributed by atoms with E-state index in [-0.39, 0.29) is 23.6 Å². The summed E-state index contributed by atoms with van der Waals surface area (Å²) in [6, 6.07) is 3.35. The molecular formula is C17H22N4O3. The SMILES string of the molecule is Cc1cc(=O)n2[nH]c([C@@H]3CCCCN3C(=O)[C@H]3CCCO3)cc2n1. The van der Waals surface area contributed by atoms with Gasteiger partial charge in [-0.1, -0.05) is 0 Å². The smallest absolute Gasteiger partial charge is 0.272 e. The van der Waals surface area contributed by atoms with Gasteiger partial charge in [-0.2, -0.15) is 0 Å². The second kappa shape index (κ2) is 6.05. The molecule has 7 heteroatoms. The van der Waals surface area contributed by atoms with Crippen LogP contribution in [-0.2, 0) is 9.53 Å². The first-order chi connectivity index (χ1) is 11.6. The van der Waals surface area contributed by atoms with Crippen LogP contribution in [-0.4, -0.2) is 44.7 Å². The molecule has 0 spiro atoms. The van der Waals surface area contributed by atoms with E-state index < -0.39 is 0 Å². The Bertz CT molecular complexity index is 819. The second-order valence-electron chi connectivity index (χ2n) is 6.69. The topological polar surface area (TPSA) is 79.7 Å². The predicted molar refractivity (Wildman–Crippen MR) is 87.8 cm³/mol. The van der Waals surface area contributed by atoms with Crippen LogP contribution in [0.15, 0.2) is 16.9 Å². The number of piperidine rings is 1. The largest absolute Gasteiger partial charge is 0.368 e. The number of likely N-dealkylation sites (tertiary alicyclic amines) is 1. The van der Waals surface area contributed by atoms with Crippen LogP contribution in [0.3, 0.4) is 0 Å². The molecule has 2 aromatic heterocycles. The van der Waals surface area contributed by atoms with Crippen LogP contribution in [0, 0.1) is 6.92 Å². The van der Waals surface area contributed by atoms with Crippen LogP contribution in [0.1, 0.15) is 49.5 Å². The molecule has 0 bridgehead atoms. The van der Waals surface area contributed by atoms with E-state index in [0.29, 0.717) is 17.9 Å². The normalized spacial score (nSPS) is 24.6. The van der Waals surface area contributed by atoms with E-state index in [2.05, 4.69) is 10.1 Å². The molecule has 0 aliphatic carbocycles. The lowest BCUT2D eigenvalue weighted by Gasteiger charge is -2.36. The molecule has 2 saturated heterocycles. The van der Waals surface area contributed by atoms with Crippen molar-refractivity contribution in [1.82, 2.24) is 19.5 Å². The summed E-state index contributed by atoms with van der Waals surface area (Å²) in [5.74, 6) is 0.0762. The van der Waals surface area contributed by atoms with Crippen molar-refractivity contribution >= 4 is 11.6 Å². The highest BCUT2D eigenvalue weighted by Crippen LogP contribution is 2.32. The van der Waals surface area contributed by atoms with Gasteiger partial charge in [-0.3, -0.25) is 14.7 Å². The van der Waals surface area contributed by atoms with E-state index in [1.54, 1.807) is 0 Å². The van der Waals surface area contributed by atoms with Crippen molar-refractivity contribution in [3.63, 3.8) is 0 Å². The summed E-state index contributed by atoms with van der Waals surface area (Å²) in [5.41, 5.74) is 2.04. The monoisotopic (exact) mass is 330 g/mol. The Morgan fingerprint density at radius 2 is 2.17 bits per heavy atom. The van der Waals surface area contributed by atoms with E-state index in [0.717, 1.165) is 44.3 Å². The summed E-state index contributed by atoms with van der Waals surface area (Å²) in [5, 5.41) is 3.14.